The normalized spacial score (nSPS) is 10.1. The molecule has 2 aromatic carbocycles. The predicted molar refractivity (Wildman–Crippen MR) is 87.4 cm³/mol. The first kappa shape index (κ1) is 14.8. The summed E-state index contributed by atoms with van der Waals surface area (Å²) in [4.78, 5) is 0.312. The van der Waals surface area contributed by atoms with Crippen LogP contribution in [0.2, 0.25) is 0 Å². The van der Waals surface area contributed by atoms with E-state index in [0.29, 0.717) is 17.3 Å². The van der Waals surface area contributed by atoms with Crippen molar-refractivity contribution in [2.24, 2.45) is 5.73 Å². The van der Waals surface area contributed by atoms with Crippen LogP contribution < -0.4 is 15.2 Å². The highest BCUT2D eigenvalue weighted by molar-refractivity contribution is 9.10. The average molecular weight is 352 g/mol. The second-order valence-electron chi connectivity index (χ2n) is 4.14. The number of hydrogen-bond donors (Lipinski definition) is 1. The van der Waals surface area contributed by atoms with Crippen molar-refractivity contribution >= 4 is 33.1 Å². The van der Waals surface area contributed by atoms with E-state index in [2.05, 4.69) is 15.9 Å². The van der Waals surface area contributed by atoms with Crippen molar-refractivity contribution in [3.05, 3.63) is 58.1 Å². The first-order valence-electron chi connectivity index (χ1n) is 5.95. The minimum atomic E-state index is 0.312. The van der Waals surface area contributed by atoms with Crippen molar-refractivity contribution in [1.29, 1.82) is 0 Å². The van der Waals surface area contributed by atoms with Crippen LogP contribution in [0, 0.1) is 0 Å². The van der Waals surface area contributed by atoms with Crippen molar-refractivity contribution < 1.29 is 9.47 Å². The first-order chi connectivity index (χ1) is 9.60. The van der Waals surface area contributed by atoms with Gasteiger partial charge in [0.05, 0.1) is 12.7 Å². The van der Waals surface area contributed by atoms with E-state index in [1.54, 1.807) is 7.11 Å². The van der Waals surface area contributed by atoms with E-state index >= 15 is 0 Å². The summed E-state index contributed by atoms with van der Waals surface area (Å²) < 4.78 is 11.9. The van der Waals surface area contributed by atoms with E-state index < -0.39 is 0 Å². The van der Waals surface area contributed by atoms with Gasteiger partial charge in [0.15, 0.2) is 0 Å². The summed E-state index contributed by atoms with van der Waals surface area (Å²) in [5.74, 6) is 1.47. The number of nitrogens with two attached hydrogens (primary N) is 1. The molecule has 0 aliphatic heterocycles. The summed E-state index contributed by atoms with van der Waals surface area (Å²) >= 11 is 8.43. The number of halogens is 1. The zero-order valence-electron chi connectivity index (χ0n) is 10.9. The molecule has 0 aromatic heterocycles. The monoisotopic (exact) mass is 351 g/mol. The molecule has 0 saturated heterocycles. The van der Waals surface area contributed by atoms with Crippen LogP contribution in [0.4, 0.5) is 0 Å². The fraction of sp³-hybridized carbons (Fsp3) is 0.133. The summed E-state index contributed by atoms with van der Waals surface area (Å²) in [6.07, 6.45) is 0. The lowest BCUT2D eigenvalue weighted by Crippen LogP contribution is -2.11. The predicted octanol–water partition coefficient (Wildman–Crippen LogP) is 3.67. The van der Waals surface area contributed by atoms with E-state index in [1.807, 2.05) is 42.5 Å². The Hall–Kier alpha value is -1.59. The molecule has 104 valence electrons. The van der Waals surface area contributed by atoms with Crippen LogP contribution in [-0.4, -0.2) is 12.1 Å². The molecule has 0 unspecified atom stereocenters. The number of hydrogen-bond acceptors (Lipinski definition) is 3. The van der Waals surface area contributed by atoms with E-state index in [1.165, 1.54) is 0 Å². The molecule has 0 spiro atoms. The quantitative estimate of drug-likeness (QED) is 0.834. The molecule has 2 aromatic rings. The lowest BCUT2D eigenvalue weighted by molar-refractivity contribution is 0.304. The lowest BCUT2D eigenvalue weighted by Gasteiger charge is -2.11. The maximum atomic E-state index is 5.80. The molecular weight excluding hydrogens is 338 g/mol. The molecule has 20 heavy (non-hydrogen) atoms. The molecule has 0 saturated carbocycles. The molecule has 2 N–H and O–H groups in total. The van der Waals surface area contributed by atoms with Crippen molar-refractivity contribution in [1.82, 2.24) is 0 Å². The van der Waals surface area contributed by atoms with E-state index in [9.17, 15) is 0 Å². The number of ether oxygens (including phenoxy) is 2. The van der Waals surface area contributed by atoms with Gasteiger partial charge >= 0.3 is 0 Å². The number of methoxy groups -OCH3 is 1. The SMILES string of the molecule is COc1cccc(COc2ccc(Br)cc2C(N)=S)c1. The maximum absolute atomic E-state index is 5.80. The number of benzene rings is 2. The van der Waals surface area contributed by atoms with Crippen LogP contribution >= 0.6 is 28.1 Å². The molecule has 2 rings (SSSR count). The van der Waals surface area contributed by atoms with Gasteiger partial charge in [0.1, 0.15) is 23.1 Å². The maximum Gasteiger partial charge on any atom is 0.130 e. The minimum absolute atomic E-state index is 0.312. The molecule has 0 radical (unpaired) electrons. The molecule has 0 heterocycles. The fourth-order valence-corrected chi connectivity index (χ4v) is 2.26. The van der Waals surface area contributed by atoms with Crippen LogP contribution in [0.3, 0.4) is 0 Å². The topological polar surface area (TPSA) is 44.5 Å². The lowest BCUT2D eigenvalue weighted by atomic mass is 10.2. The zero-order valence-corrected chi connectivity index (χ0v) is 13.3. The Kier molecular flexibility index (Phi) is 4.98. The van der Waals surface area contributed by atoms with Gasteiger partial charge in [0, 0.05) is 4.47 Å². The van der Waals surface area contributed by atoms with E-state index in [-0.39, 0.29) is 0 Å². The van der Waals surface area contributed by atoms with Gasteiger partial charge in [0.25, 0.3) is 0 Å². The third-order valence-electron chi connectivity index (χ3n) is 2.74. The zero-order chi connectivity index (χ0) is 14.5. The molecule has 0 fully saturated rings. The van der Waals surface area contributed by atoms with E-state index in [4.69, 9.17) is 27.4 Å². The van der Waals surface area contributed by atoms with Crippen molar-refractivity contribution in [2.45, 2.75) is 6.61 Å². The largest absolute Gasteiger partial charge is 0.497 e. The molecule has 5 heteroatoms. The van der Waals surface area contributed by atoms with Gasteiger partial charge in [-0.1, -0.05) is 40.3 Å². The third-order valence-corrected chi connectivity index (χ3v) is 3.45. The van der Waals surface area contributed by atoms with Gasteiger partial charge < -0.3 is 15.2 Å². The highest BCUT2D eigenvalue weighted by atomic mass is 79.9. The highest BCUT2D eigenvalue weighted by Crippen LogP contribution is 2.24. The molecule has 0 aliphatic rings. The number of rotatable bonds is 5. The molecule has 0 aliphatic carbocycles. The summed E-state index contributed by atoms with van der Waals surface area (Å²) in [5.41, 5.74) is 7.44. The van der Waals surface area contributed by atoms with E-state index in [0.717, 1.165) is 21.3 Å². The summed E-state index contributed by atoms with van der Waals surface area (Å²) in [7, 11) is 1.64. The van der Waals surface area contributed by atoms with Crippen LogP contribution in [0.1, 0.15) is 11.1 Å². The highest BCUT2D eigenvalue weighted by Gasteiger charge is 2.08. The van der Waals surface area contributed by atoms with Crippen LogP contribution in [-0.2, 0) is 6.61 Å². The third kappa shape index (κ3) is 3.71. The Morgan fingerprint density at radius 2 is 2.05 bits per heavy atom. The Morgan fingerprint density at radius 1 is 1.25 bits per heavy atom. The molecular formula is C15H14BrNO2S. The van der Waals surface area contributed by atoms with Crippen LogP contribution in [0.15, 0.2) is 46.9 Å². The van der Waals surface area contributed by atoms with Gasteiger partial charge in [-0.25, -0.2) is 0 Å². The Labute approximate surface area is 131 Å². The smallest absolute Gasteiger partial charge is 0.130 e. The van der Waals surface area contributed by atoms with Gasteiger partial charge in [-0.3, -0.25) is 0 Å². The molecule has 0 bridgehead atoms. The van der Waals surface area contributed by atoms with Crippen molar-refractivity contribution in [3.8, 4) is 11.5 Å². The first-order valence-corrected chi connectivity index (χ1v) is 7.15. The van der Waals surface area contributed by atoms with Crippen LogP contribution in [0.25, 0.3) is 0 Å². The standard InChI is InChI=1S/C15H14BrNO2S/c1-18-12-4-2-3-10(7-12)9-19-14-6-5-11(16)8-13(14)15(17)20/h2-8H,9H2,1H3,(H2,17,20). The summed E-state index contributed by atoms with van der Waals surface area (Å²) in [5, 5.41) is 0. The fourth-order valence-electron chi connectivity index (χ4n) is 1.74. The number of thiocarbonyl (C=S) groups is 1. The Bertz CT molecular complexity index is 631. The van der Waals surface area contributed by atoms with Crippen molar-refractivity contribution in [2.75, 3.05) is 7.11 Å². The Morgan fingerprint density at radius 3 is 2.75 bits per heavy atom. The summed E-state index contributed by atoms with van der Waals surface area (Å²) in [6.45, 7) is 0.425. The second kappa shape index (κ2) is 6.72. The Balaban J connectivity index is 2.16. The second-order valence-corrected chi connectivity index (χ2v) is 5.50. The molecule has 3 nitrogen and oxygen atoms in total. The minimum Gasteiger partial charge on any atom is -0.497 e. The van der Waals surface area contributed by atoms with Gasteiger partial charge in [-0.2, -0.15) is 0 Å². The van der Waals surface area contributed by atoms with Gasteiger partial charge in [0.2, 0.25) is 0 Å². The van der Waals surface area contributed by atoms with Crippen LogP contribution in [0.5, 0.6) is 11.5 Å². The van der Waals surface area contributed by atoms with Crippen molar-refractivity contribution in [3.63, 3.8) is 0 Å². The molecule has 0 atom stereocenters. The molecule has 0 amide bonds. The average Bonchev–Trinajstić information content (AvgIpc) is 2.46. The van der Waals surface area contributed by atoms with Gasteiger partial charge in [-0.15, -0.1) is 0 Å². The van der Waals surface area contributed by atoms with Gasteiger partial charge in [-0.05, 0) is 35.9 Å². The summed E-state index contributed by atoms with van der Waals surface area (Å²) in [6, 6.07) is 13.3.